The van der Waals surface area contributed by atoms with Crippen LogP contribution < -0.4 is 10.6 Å². The fraction of sp³-hybridized carbons (Fsp3) is 0.200. The lowest BCUT2D eigenvalue weighted by molar-refractivity contribution is -0.116. The van der Waals surface area contributed by atoms with E-state index in [-0.39, 0.29) is 39.7 Å². The van der Waals surface area contributed by atoms with Crippen molar-refractivity contribution in [2.45, 2.75) is 25.0 Å². The molecule has 7 nitrogen and oxygen atoms in total. The Balaban J connectivity index is 1.61. The van der Waals surface area contributed by atoms with Crippen molar-refractivity contribution >= 4 is 93.0 Å². The first-order valence-electron chi connectivity index (χ1n) is 9.42. The first-order chi connectivity index (χ1) is 15.7. The van der Waals surface area contributed by atoms with Crippen molar-refractivity contribution < 1.29 is 9.59 Å². The molecular weight excluding hydrogens is 552 g/mol. The standard InChI is InChI=1S/C20H16Cl5N5O2S/c1-2-30-16(8-17(31)26-11-3-4-12(22)13(23)7-11)28-29-20(30)33-9-18(32)27-19-14(24)5-10(21)6-15(19)25/h3-7H,2,8-9H2,1H3,(H,26,31)(H,27,32). The maximum absolute atomic E-state index is 12.4. The second kappa shape index (κ2) is 11.6. The van der Waals surface area contributed by atoms with Gasteiger partial charge in [0.1, 0.15) is 5.82 Å². The highest BCUT2D eigenvalue weighted by Gasteiger charge is 2.17. The number of carbonyl (C=O) groups excluding carboxylic acids is 2. The molecule has 1 aromatic heterocycles. The van der Waals surface area contributed by atoms with E-state index in [0.29, 0.717) is 38.3 Å². The summed E-state index contributed by atoms with van der Waals surface area (Å²) in [5, 5.41) is 15.7. The SMILES string of the molecule is CCn1c(CC(=O)Nc2ccc(Cl)c(Cl)c2)nnc1SCC(=O)Nc1c(Cl)cc(Cl)cc1Cl. The second-order valence-electron chi connectivity index (χ2n) is 6.58. The summed E-state index contributed by atoms with van der Waals surface area (Å²) in [7, 11) is 0. The zero-order chi connectivity index (χ0) is 24.1. The Kier molecular flexibility index (Phi) is 9.15. The minimum Gasteiger partial charge on any atom is -0.326 e. The van der Waals surface area contributed by atoms with Crippen molar-refractivity contribution in [3.05, 3.63) is 61.3 Å². The normalized spacial score (nSPS) is 10.8. The van der Waals surface area contributed by atoms with Gasteiger partial charge >= 0.3 is 0 Å². The Hall–Kier alpha value is -1.68. The van der Waals surface area contributed by atoms with Gasteiger partial charge in [0.25, 0.3) is 0 Å². The fourth-order valence-corrected chi connectivity index (χ4v) is 4.79. The van der Waals surface area contributed by atoms with Crippen molar-refractivity contribution in [2.24, 2.45) is 0 Å². The van der Waals surface area contributed by atoms with E-state index in [1.807, 2.05) is 6.92 Å². The van der Waals surface area contributed by atoms with Crippen molar-refractivity contribution in [3.8, 4) is 0 Å². The van der Waals surface area contributed by atoms with Gasteiger partial charge in [0.15, 0.2) is 5.16 Å². The molecule has 0 aliphatic rings. The molecule has 33 heavy (non-hydrogen) atoms. The number of benzene rings is 2. The average Bonchev–Trinajstić information content (AvgIpc) is 3.13. The molecule has 0 aliphatic heterocycles. The van der Waals surface area contributed by atoms with E-state index in [1.54, 1.807) is 22.8 Å². The number of rotatable bonds is 8. The van der Waals surface area contributed by atoms with E-state index in [9.17, 15) is 9.59 Å². The number of hydrogen-bond donors (Lipinski definition) is 2. The highest BCUT2D eigenvalue weighted by Crippen LogP contribution is 2.34. The van der Waals surface area contributed by atoms with Gasteiger partial charge in [-0.05, 0) is 37.3 Å². The average molecular weight is 568 g/mol. The van der Waals surface area contributed by atoms with Crippen molar-refractivity contribution in [3.63, 3.8) is 0 Å². The highest BCUT2D eigenvalue weighted by molar-refractivity contribution is 7.99. The molecule has 2 N–H and O–H groups in total. The molecule has 2 aromatic carbocycles. The molecule has 2 amide bonds. The maximum atomic E-state index is 12.4. The molecule has 0 unspecified atom stereocenters. The molecule has 0 aliphatic carbocycles. The number of nitrogens with one attached hydrogen (secondary N) is 2. The van der Waals surface area contributed by atoms with Crippen LogP contribution in [-0.2, 0) is 22.6 Å². The van der Waals surface area contributed by atoms with Crippen LogP contribution >= 0.6 is 69.8 Å². The molecule has 0 spiro atoms. The Labute approximate surface area is 219 Å². The summed E-state index contributed by atoms with van der Waals surface area (Å²) in [6, 6.07) is 7.78. The largest absolute Gasteiger partial charge is 0.326 e. The zero-order valence-corrected chi connectivity index (χ0v) is 21.6. The quantitative estimate of drug-likeness (QED) is 0.304. The molecular formula is C20H16Cl5N5O2S. The lowest BCUT2D eigenvalue weighted by Crippen LogP contribution is -2.18. The number of amides is 2. The van der Waals surface area contributed by atoms with Gasteiger partial charge in [-0.1, -0.05) is 69.8 Å². The molecule has 0 fully saturated rings. The number of halogens is 5. The Morgan fingerprint density at radius 1 is 0.909 bits per heavy atom. The summed E-state index contributed by atoms with van der Waals surface area (Å²) in [6.07, 6.45) is -0.0101. The monoisotopic (exact) mass is 565 g/mol. The summed E-state index contributed by atoms with van der Waals surface area (Å²) in [6.45, 7) is 2.41. The van der Waals surface area contributed by atoms with Gasteiger partial charge in [0.05, 0.1) is 38.0 Å². The number of aromatic nitrogens is 3. The molecule has 0 bridgehead atoms. The van der Waals surface area contributed by atoms with Gasteiger partial charge in [-0.2, -0.15) is 0 Å². The Bertz CT molecular complexity index is 1180. The topological polar surface area (TPSA) is 88.9 Å². The first kappa shape index (κ1) is 25.9. The molecule has 3 aromatic rings. The summed E-state index contributed by atoms with van der Waals surface area (Å²) >= 11 is 31.1. The van der Waals surface area contributed by atoms with Gasteiger partial charge < -0.3 is 15.2 Å². The van der Waals surface area contributed by atoms with Gasteiger partial charge in [-0.15, -0.1) is 10.2 Å². The molecule has 0 atom stereocenters. The van der Waals surface area contributed by atoms with Crippen molar-refractivity contribution in [2.75, 3.05) is 16.4 Å². The predicted molar refractivity (Wildman–Crippen MR) is 135 cm³/mol. The molecule has 13 heteroatoms. The molecule has 0 radical (unpaired) electrons. The lowest BCUT2D eigenvalue weighted by Gasteiger charge is -2.10. The van der Waals surface area contributed by atoms with E-state index < -0.39 is 0 Å². The highest BCUT2D eigenvalue weighted by atomic mass is 35.5. The maximum Gasteiger partial charge on any atom is 0.234 e. The van der Waals surface area contributed by atoms with E-state index in [0.717, 1.165) is 0 Å². The number of carbonyl (C=O) groups is 2. The van der Waals surface area contributed by atoms with Gasteiger partial charge in [0, 0.05) is 17.3 Å². The third-order valence-electron chi connectivity index (χ3n) is 4.24. The lowest BCUT2D eigenvalue weighted by atomic mass is 10.3. The number of anilines is 2. The minimum absolute atomic E-state index is 0.0101. The van der Waals surface area contributed by atoms with Crippen LogP contribution in [0.3, 0.4) is 0 Å². The summed E-state index contributed by atoms with van der Waals surface area (Å²) in [5.41, 5.74) is 0.799. The zero-order valence-electron chi connectivity index (χ0n) is 17.0. The predicted octanol–water partition coefficient (Wildman–Crippen LogP) is 6.48. The van der Waals surface area contributed by atoms with Crippen LogP contribution in [0.2, 0.25) is 25.1 Å². The van der Waals surface area contributed by atoms with Gasteiger partial charge in [-0.3, -0.25) is 9.59 Å². The fourth-order valence-electron chi connectivity index (χ4n) is 2.76. The van der Waals surface area contributed by atoms with Crippen molar-refractivity contribution in [1.29, 1.82) is 0 Å². The van der Waals surface area contributed by atoms with Crippen LogP contribution in [0.1, 0.15) is 12.7 Å². The summed E-state index contributed by atoms with van der Waals surface area (Å²) in [5.74, 6) is -0.141. The Morgan fingerprint density at radius 3 is 2.24 bits per heavy atom. The van der Waals surface area contributed by atoms with Crippen LogP contribution in [0.15, 0.2) is 35.5 Å². The summed E-state index contributed by atoms with van der Waals surface area (Å²) in [4.78, 5) is 24.8. The molecule has 3 rings (SSSR count). The number of thioether (sulfide) groups is 1. The van der Waals surface area contributed by atoms with Crippen LogP contribution in [0, 0.1) is 0 Å². The first-order valence-corrected chi connectivity index (χ1v) is 12.3. The van der Waals surface area contributed by atoms with Gasteiger partial charge in [0.2, 0.25) is 11.8 Å². The van der Waals surface area contributed by atoms with Crippen LogP contribution in [-0.4, -0.2) is 32.3 Å². The van der Waals surface area contributed by atoms with E-state index >= 15 is 0 Å². The van der Waals surface area contributed by atoms with Crippen LogP contribution in [0.4, 0.5) is 11.4 Å². The third-order valence-corrected chi connectivity index (χ3v) is 6.76. The Morgan fingerprint density at radius 2 is 1.61 bits per heavy atom. The smallest absolute Gasteiger partial charge is 0.234 e. The number of nitrogens with zero attached hydrogens (tertiary/aromatic N) is 3. The van der Waals surface area contributed by atoms with Crippen LogP contribution in [0.25, 0.3) is 0 Å². The van der Waals surface area contributed by atoms with E-state index in [1.165, 1.54) is 23.9 Å². The van der Waals surface area contributed by atoms with Gasteiger partial charge in [-0.25, -0.2) is 0 Å². The molecule has 1 heterocycles. The number of hydrogen-bond acceptors (Lipinski definition) is 5. The van der Waals surface area contributed by atoms with Crippen molar-refractivity contribution in [1.82, 2.24) is 14.8 Å². The third kappa shape index (κ3) is 6.91. The minimum atomic E-state index is -0.337. The molecule has 174 valence electrons. The van der Waals surface area contributed by atoms with E-state index in [2.05, 4.69) is 20.8 Å². The molecule has 0 saturated carbocycles. The van der Waals surface area contributed by atoms with E-state index in [4.69, 9.17) is 58.0 Å². The summed E-state index contributed by atoms with van der Waals surface area (Å²) < 4.78 is 1.76. The second-order valence-corrected chi connectivity index (χ2v) is 9.59. The van der Waals surface area contributed by atoms with Crippen LogP contribution in [0.5, 0.6) is 0 Å². The molecule has 0 saturated heterocycles.